The number of rotatable bonds is 1. The van der Waals surface area contributed by atoms with Gasteiger partial charge in [0.25, 0.3) is 0 Å². The Morgan fingerprint density at radius 3 is 3.06 bits per heavy atom. The van der Waals surface area contributed by atoms with Gasteiger partial charge in [0, 0.05) is 19.7 Å². The summed E-state index contributed by atoms with van der Waals surface area (Å²) >= 11 is 3.39. The number of para-hydroxylation sites is 1. The van der Waals surface area contributed by atoms with Crippen molar-refractivity contribution in [2.24, 2.45) is 7.05 Å². The predicted molar refractivity (Wildman–Crippen MR) is 65.5 cm³/mol. The zero-order valence-corrected chi connectivity index (χ0v) is 10.5. The standard InChI is InChI=1S/C12H11BrN2O/c1-15-7-10(13)14-12(15)9-4-2-3-8-5-6-16-11(8)9/h2-4,7H,5-6H2,1H3. The first kappa shape index (κ1) is 9.90. The van der Waals surface area contributed by atoms with Gasteiger partial charge in [0.2, 0.25) is 0 Å². The molecule has 3 nitrogen and oxygen atoms in total. The van der Waals surface area contributed by atoms with Gasteiger partial charge in [-0.1, -0.05) is 12.1 Å². The first-order chi connectivity index (χ1) is 7.75. The lowest BCUT2D eigenvalue weighted by atomic mass is 10.1. The summed E-state index contributed by atoms with van der Waals surface area (Å²) in [4.78, 5) is 4.46. The third-order valence-electron chi connectivity index (χ3n) is 2.80. The number of fused-ring (bicyclic) bond motifs is 1. The molecular formula is C12H11BrN2O. The number of hydrogen-bond donors (Lipinski definition) is 0. The zero-order valence-electron chi connectivity index (χ0n) is 8.90. The summed E-state index contributed by atoms with van der Waals surface area (Å²) in [7, 11) is 1.99. The van der Waals surface area contributed by atoms with E-state index in [1.54, 1.807) is 0 Å². The third kappa shape index (κ3) is 1.45. The van der Waals surface area contributed by atoms with Crippen LogP contribution in [0, 0.1) is 0 Å². The van der Waals surface area contributed by atoms with E-state index in [1.165, 1.54) is 5.56 Å². The fourth-order valence-electron chi connectivity index (χ4n) is 2.07. The molecule has 1 aliphatic heterocycles. The van der Waals surface area contributed by atoms with Crippen molar-refractivity contribution in [3.05, 3.63) is 34.6 Å². The van der Waals surface area contributed by atoms with Gasteiger partial charge < -0.3 is 9.30 Å². The molecular weight excluding hydrogens is 268 g/mol. The molecule has 0 saturated heterocycles. The highest BCUT2D eigenvalue weighted by molar-refractivity contribution is 9.10. The fraction of sp³-hybridized carbons (Fsp3) is 0.250. The van der Waals surface area contributed by atoms with Crippen LogP contribution in [0.3, 0.4) is 0 Å². The van der Waals surface area contributed by atoms with Crippen molar-refractivity contribution in [1.29, 1.82) is 0 Å². The lowest BCUT2D eigenvalue weighted by molar-refractivity contribution is 0.357. The van der Waals surface area contributed by atoms with Crippen LogP contribution in [-0.2, 0) is 13.5 Å². The molecule has 1 aromatic heterocycles. The highest BCUT2D eigenvalue weighted by Crippen LogP contribution is 2.36. The van der Waals surface area contributed by atoms with Crippen LogP contribution in [0.5, 0.6) is 5.75 Å². The molecule has 0 aliphatic carbocycles. The van der Waals surface area contributed by atoms with Crippen LogP contribution in [-0.4, -0.2) is 16.2 Å². The Bertz CT molecular complexity index is 548. The topological polar surface area (TPSA) is 27.1 Å². The molecule has 2 aromatic rings. The van der Waals surface area contributed by atoms with Gasteiger partial charge in [-0.25, -0.2) is 4.98 Å². The van der Waals surface area contributed by atoms with Crippen molar-refractivity contribution in [3.8, 4) is 17.1 Å². The Balaban J connectivity index is 2.20. The van der Waals surface area contributed by atoms with Crippen molar-refractivity contribution in [3.63, 3.8) is 0 Å². The maximum absolute atomic E-state index is 5.68. The van der Waals surface area contributed by atoms with Gasteiger partial charge >= 0.3 is 0 Å². The predicted octanol–water partition coefficient (Wildman–Crippen LogP) is 2.78. The molecule has 0 amide bonds. The van der Waals surface area contributed by atoms with E-state index >= 15 is 0 Å². The molecule has 2 heterocycles. The second-order valence-electron chi connectivity index (χ2n) is 3.89. The van der Waals surface area contributed by atoms with Crippen LogP contribution in [0.15, 0.2) is 29.0 Å². The van der Waals surface area contributed by atoms with E-state index in [0.29, 0.717) is 0 Å². The number of halogens is 1. The smallest absolute Gasteiger partial charge is 0.144 e. The second-order valence-corrected chi connectivity index (χ2v) is 4.70. The van der Waals surface area contributed by atoms with Crippen molar-refractivity contribution in [2.45, 2.75) is 6.42 Å². The number of benzene rings is 1. The summed E-state index contributed by atoms with van der Waals surface area (Å²) in [6.45, 7) is 0.776. The number of hydrogen-bond acceptors (Lipinski definition) is 2. The summed E-state index contributed by atoms with van der Waals surface area (Å²) in [5.41, 5.74) is 2.35. The molecule has 0 spiro atoms. The minimum absolute atomic E-state index is 0.776. The van der Waals surface area contributed by atoms with Gasteiger partial charge in [-0.3, -0.25) is 0 Å². The number of ether oxygens (including phenoxy) is 1. The average molecular weight is 279 g/mol. The van der Waals surface area contributed by atoms with Crippen LogP contribution >= 0.6 is 15.9 Å². The molecule has 3 rings (SSSR count). The molecule has 0 atom stereocenters. The normalized spacial score (nSPS) is 13.6. The number of aryl methyl sites for hydroxylation is 1. The Hall–Kier alpha value is -1.29. The Labute approximate surface area is 102 Å². The number of aromatic nitrogens is 2. The fourth-order valence-corrected chi connectivity index (χ4v) is 2.55. The maximum atomic E-state index is 5.68. The lowest BCUT2D eigenvalue weighted by Crippen LogP contribution is -1.94. The Morgan fingerprint density at radius 2 is 2.31 bits per heavy atom. The minimum atomic E-state index is 0.776. The van der Waals surface area contributed by atoms with Gasteiger partial charge in [0.05, 0.1) is 12.2 Å². The molecule has 0 fully saturated rings. The van der Waals surface area contributed by atoms with E-state index in [1.807, 2.05) is 17.8 Å². The van der Waals surface area contributed by atoms with Crippen LogP contribution in [0.4, 0.5) is 0 Å². The van der Waals surface area contributed by atoms with Crippen molar-refractivity contribution in [2.75, 3.05) is 6.61 Å². The summed E-state index contributed by atoms with van der Waals surface area (Å²) in [6.07, 6.45) is 2.94. The third-order valence-corrected chi connectivity index (χ3v) is 3.18. The molecule has 0 bridgehead atoms. The molecule has 0 unspecified atom stereocenters. The van der Waals surface area contributed by atoms with Gasteiger partial charge in [-0.15, -0.1) is 0 Å². The van der Waals surface area contributed by atoms with Gasteiger partial charge in [0.15, 0.2) is 0 Å². The molecule has 1 aliphatic rings. The van der Waals surface area contributed by atoms with Crippen molar-refractivity contribution in [1.82, 2.24) is 9.55 Å². The molecule has 0 saturated carbocycles. The number of imidazole rings is 1. The summed E-state index contributed by atoms with van der Waals surface area (Å²) in [5, 5.41) is 0. The van der Waals surface area contributed by atoms with Crippen LogP contribution < -0.4 is 4.74 Å². The SMILES string of the molecule is Cn1cc(Br)nc1-c1cccc2c1OCC2. The highest BCUT2D eigenvalue weighted by Gasteiger charge is 2.19. The summed E-state index contributed by atoms with van der Waals surface area (Å²) < 4.78 is 8.53. The summed E-state index contributed by atoms with van der Waals surface area (Å²) in [6, 6.07) is 6.23. The van der Waals surface area contributed by atoms with Gasteiger partial charge in [-0.05, 0) is 27.6 Å². The Kier molecular flexibility index (Phi) is 2.24. The Morgan fingerprint density at radius 1 is 1.44 bits per heavy atom. The molecule has 0 N–H and O–H groups in total. The molecule has 0 radical (unpaired) electrons. The van der Waals surface area contributed by atoms with Crippen LogP contribution in [0.2, 0.25) is 0 Å². The summed E-state index contributed by atoms with van der Waals surface area (Å²) in [5.74, 6) is 1.93. The molecule has 1 aromatic carbocycles. The van der Waals surface area contributed by atoms with Gasteiger partial charge in [-0.2, -0.15) is 0 Å². The van der Waals surface area contributed by atoms with E-state index in [0.717, 1.165) is 34.8 Å². The van der Waals surface area contributed by atoms with Crippen molar-refractivity contribution < 1.29 is 4.74 Å². The monoisotopic (exact) mass is 278 g/mol. The quantitative estimate of drug-likeness (QED) is 0.802. The zero-order chi connectivity index (χ0) is 11.1. The van der Waals surface area contributed by atoms with Crippen LogP contribution in [0.25, 0.3) is 11.4 Å². The van der Waals surface area contributed by atoms with Crippen molar-refractivity contribution >= 4 is 15.9 Å². The van der Waals surface area contributed by atoms with Crippen LogP contribution in [0.1, 0.15) is 5.56 Å². The first-order valence-electron chi connectivity index (χ1n) is 5.19. The maximum Gasteiger partial charge on any atom is 0.144 e. The van der Waals surface area contributed by atoms with E-state index in [9.17, 15) is 0 Å². The molecule has 16 heavy (non-hydrogen) atoms. The van der Waals surface area contributed by atoms with E-state index in [-0.39, 0.29) is 0 Å². The highest BCUT2D eigenvalue weighted by atomic mass is 79.9. The average Bonchev–Trinajstić information content (AvgIpc) is 2.84. The molecule has 4 heteroatoms. The van der Waals surface area contributed by atoms with E-state index in [2.05, 4.69) is 39.1 Å². The second kappa shape index (κ2) is 3.63. The number of nitrogens with zero attached hydrogens (tertiary/aromatic N) is 2. The first-order valence-corrected chi connectivity index (χ1v) is 5.99. The van der Waals surface area contributed by atoms with E-state index < -0.39 is 0 Å². The van der Waals surface area contributed by atoms with Gasteiger partial charge in [0.1, 0.15) is 16.2 Å². The lowest BCUT2D eigenvalue weighted by Gasteiger charge is -2.07. The molecule has 82 valence electrons. The minimum Gasteiger partial charge on any atom is -0.492 e. The van der Waals surface area contributed by atoms with E-state index in [4.69, 9.17) is 4.74 Å². The largest absolute Gasteiger partial charge is 0.492 e.